The number of carbonyl (C=O) groups is 2. The van der Waals surface area contributed by atoms with Crippen molar-refractivity contribution in [3.05, 3.63) is 50.6 Å². The quantitative estimate of drug-likeness (QED) is 0.401. The van der Waals surface area contributed by atoms with Crippen LogP contribution in [0.1, 0.15) is 35.8 Å². The van der Waals surface area contributed by atoms with Gasteiger partial charge in [-0.15, -0.1) is 11.3 Å². The molecule has 3 aromatic rings. The molecule has 1 N–H and O–H groups in total. The van der Waals surface area contributed by atoms with E-state index >= 15 is 0 Å². The molecule has 4 heterocycles. The van der Waals surface area contributed by atoms with Gasteiger partial charge in [0.15, 0.2) is 5.16 Å². The Kier molecular flexibility index (Phi) is 6.95. The number of nitrogens with zero attached hydrogens (tertiary/aromatic N) is 3. The molecule has 0 aliphatic carbocycles. The van der Waals surface area contributed by atoms with Gasteiger partial charge in [-0.25, -0.2) is 4.98 Å². The van der Waals surface area contributed by atoms with Crippen LogP contribution < -0.4 is 10.9 Å². The third-order valence-electron chi connectivity index (χ3n) is 6.45. The van der Waals surface area contributed by atoms with Gasteiger partial charge >= 0.3 is 0 Å². The van der Waals surface area contributed by atoms with Crippen LogP contribution in [0.15, 0.2) is 34.2 Å². The summed E-state index contributed by atoms with van der Waals surface area (Å²) < 4.78 is 7.50. The average Bonchev–Trinajstić information content (AvgIpc) is 3.48. The molecular weight excluding hydrogens is 484 g/mol. The number of rotatable bonds is 6. The Labute approximate surface area is 211 Å². The number of hydrogen-bond acceptors (Lipinski definition) is 7. The topological polar surface area (TPSA) is 93.5 Å². The molecule has 1 fully saturated rings. The monoisotopic (exact) mass is 512 g/mol. The van der Waals surface area contributed by atoms with Crippen LogP contribution in [-0.2, 0) is 33.8 Å². The second-order valence-corrected chi connectivity index (χ2v) is 11.0. The standard InChI is InChI=1S/C25H28N4O4S2/c1-15-5-7-17(8-6-15)26-21(31)14-34-25-27-23-22(24(32)29(25)12-18-4-3-11-33-18)19-9-10-28(16(2)30)13-20(19)35-23/h5-8,18H,3-4,9-14H2,1-2H3,(H,26,31). The highest BCUT2D eigenvalue weighted by Gasteiger charge is 2.27. The maximum atomic E-state index is 13.7. The first-order valence-corrected chi connectivity index (χ1v) is 13.6. The van der Waals surface area contributed by atoms with Crippen molar-refractivity contribution in [2.24, 2.45) is 0 Å². The summed E-state index contributed by atoms with van der Waals surface area (Å²) in [6.45, 7) is 5.81. The maximum Gasteiger partial charge on any atom is 0.263 e. The summed E-state index contributed by atoms with van der Waals surface area (Å²) in [5, 5.41) is 4.08. The van der Waals surface area contributed by atoms with Gasteiger partial charge < -0.3 is 15.0 Å². The highest BCUT2D eigenvalue weighted by atomic mass is 32.2. The van der Waals surface area contributed by atoms with Crippen LogP contribution in [0.5, 0.6) is 0 Å². The highest BCUT2D eigenvalue weighted by molar-refractivity contribution is 7.99. The average molecular weight is 513 g/mol. The maximum absolute atomic E-state index is 13.7. The molecule has 0 bridgehead atoms. The van der Waals surface area contributed by atoms with E-state index in [1.165, 1.54) is 23.1 Å². The molecular formula is C25H28N4O4S2. The Morgan fingerprint density at radius 1 is 1.29 bits per heavy atom. The lowest BCUT2D eigenvalue weighted by molar-refractivity contribution is -0.129. The molecule has 2 aliphatic heterocycles. The summed E-state index contributed by atoms with van der Waals surface area (Å²) >= 11 is 2.74. The first-order chi connectivity index (χ1) is 16.9. The van der Waals surface area contributed by atoms with Gasteiger partial charge in [0.1, 0.15) is 4.83 Å². The summed E-state index contributed by atoms with van der Waals surface area (Å²) in [5.41, 5.74) is 2.79. The van der Waals surface area contributed by atoms with Crippen LogP contribution in [0.25, 0.3) is 10.2 Å². The number of fused-ring (bicyclic) bond motifs is 3. The third kappa shape index (κ3) is 5.14. The molecule has 2 aliphatic rings. The second-order valence-electron chi connectivity index (χ2n) is 9.02. The number of amides is 2. The van der Waals surface area contributed by atoms with Gasteiger partial charge in [0, 0.05) is 30.6 Å². The lowest BCUT2D eigenvalue weighted by atomic mass is 10.1. The fourth-order valence-corrected chi connectivity index (χ4v) is 6.64. The minimum Gasteiger partial charge on any atom is -0.376 e. The molecule has 10 heteroatoms. The predicted octanol–water partition coefficient (Wildman–Crippen LogP) is 3.58. The molecule has 1 atom stereocenters. The number of carbonyl (C=O) groups excluding carboxylic acids is 2. The highest BCUT2D eigenvalue weighted by Crippen LogP contribution is 2.34. The fraction of sp³-hybridized carbons (Fsp3) is 0.440. The number of hydrogen-bond donors (Lipinski definition) is 1. The molecule has 8 nitrogen and oxygen atoms in total. The van der Waals surface area contributed by atoms with Crippen molar-refractivity contribution in [2.75, 3.05) is 24.2 Å². The molecule has 1 unspecified atom stereocenters. The van der Waals surface area contributed by atoms with E-state index in [1.54, 1.807) is 16.4 Å². The Hall–Kier alpha value is -2.69. The number of thioether (sulfide) groups is 1. The zero-order chi connectivity index (χ0) is 24.5. The van der Waals surface area contributed by atoms with Crippen molar-refractivity contribution in [3.8, 4) is 0 Å². The number of benzene rings is 1. The summed E-state index contributed by atoms with van der Waals surface area (Å²) in [7, 11) is 0. The van der Waals surface area contributed by atoms with E-state index in [-0.39, 0.29) is 29.2 Å². The van der Waals surface area contributed by atoms with E-state index in [1.807, 2.05) is 31.2 Å². The van der Waals surface area contributed by atoms with Crippen LogP contribution in [0.3, 0.4) is 0 Å². The van der Waals surface area contributed by atoms with Crippen molar-refractivity contribution >= 4 is 50.8 Å². The van der Waals surface area contributed by atoms with Crippen LogP contribution in [0, 0.1) is 6.92 Å². The van der Waals surface area contributed by atoms with Gasteiger partial charge in [-0.2, -0.15) is 0 Å². The van der Waals surface area contributed by atoms with Crippen LogP contribution in [0.4, 0.5) is 5.69 Å². The van der Waals surface area contributed by atoms with Crippen LogP contribution >= 0.6 is 23.1 Å². The number of ether oxygens (including phenoxy) is 1. The molecule has 2 amide bonds. The summed E-state index contributed by atoms with van der Waals surface area (Å²) in [6.07, 6.45) is 2.50. The van der Waals surface area contributed by atoms with Gasteiger partial charge in [-0.3, -0.25) is 19.0 Å². The van der Waals surface area contributed by atoms with Crippen molar-refractivity contribution in [2.45, 2.75) is 57.5 Å². The molecule has 0 spiro atoms. The molecule has 2 aromatic heterocycles. The van der Waals surface area contributed by atoms with Gasteiger partial charge in [-0.1, -0.05) is 29.5 Å². The smallest absolute Gasteiger partial charge is 0.263 e. The number of nitrogens with one attached hydrogen (secondary N) is 1. The summed E-state index contributed by atoms with van der Waals surface area (Å²) in [4.78, 5) is 46.6. The molecule has 0 saturated carbocycles. The normalized spacial score (nSPS) is 17.5. The number of anilines is 1. The number of aromatic nitrogens is 2. The third-order valence-corrected chi connectivity index (χ3v) is 8.54. The van der Waals surface area contributed by atoms with Gasteiger partial charge in [0.25, 0.3) is 5.56 Å². The van der Waals surface area contributed by atoms with Crippen LogP contribution in [-0.4, -0.2) is 51.3 Å². The van der Waals surface area contributed by atoms with Crippen molar-refractivity contribution in [1.29, 1.82) is 0 Å². The summed E-state index contributed by atoms with van der Waals surface area (Å²) in [5.74, 6) is 0.0210. The van der Waals surface area contributed by atoms with Gasteiger partial charge in [0.05, 0.1) is 30.3 Å². The first kappa shape index (κ1) is 24.0. The minimum absolute atomic E-state index is 0.0321. The van der Waals surface area contributed by atoms with Crippen molar-refractivity contribution < 1.29 is 14.3 Å². The van der Waals surface area contributed by atoms with E-state index in [2.05, 4.69) is 5.32 Å². The van der Waals surface area contributed by atoms with Gasteiger partial charge in [-0.05, 0) is 43.9 Å². The largest absolute Gasteiger partial charge is 0.376 e. The fourth-order valence-electron chi connectivity index (χ4n) is 4.55. The van der Waals surface area contributed by atoms with Crippen LogP contribution in [0.2, 0.25) is 0 Å². The van der Waals surface area contributed by atoms with E-state index in [0.29, 0.717) is 48.0 Å². The first-order valence-electron chi connectivity index (χ1n) is 11.8. The Bertz CT molecular complexity index is 1330. The predicted molar refractivity (Wildman–Crippen MR) is 138 cm³/mol. The van der Waals surface area contributed by atoms with Crippen molar-refractivity contribution in [3.63, 3.8) is 0 Å². The van der Waals surface area contributed by atoms with E-state index in [9.17, 15) is 14.4 Å². The molecule has 0 radical (unpaired) electrons. The molecule has 5 rings (SSSR count). The number of thiophene rings is 1. The lowest BCUT2D eigenvalue weighted by Gasteiger charge is -2.25. The van der Waals surface area contributed by atoms with E-state index in [0.717, 1.165) is 34.5 Å². The Morgan fingerprint density at radius 3 is 2.80 bits per heavy atom. The van der Waals surface area contributed by atoms with E-state index < -0.39 is 0 Å². The minimum atomic E-state index is -0.153. The molecule has 1 saturated heterocycles. The number of aryl methyl sites for hydroxylation is 1. The zero-order valence-electron chi connectivity index (χ0n) is 19.8. The zero-order valence-corrected chi connectivity index (χ0v) is 21.5. The molecule has 184 valence electrons. The lowest BCUT2D eigenvalue weighted by Crippen LogP contribution is -2.34. The van der Waals surface area contributed by atoms with Gasteiger partial charge in [0.2, 0.25) is 11.8 Å². The van der Waals surface area contributed by atoms with Crippen molar-refractivity contribution in [1.82, 2.24) is 14.5 Å². The second kappa shape index (κ2) is 10.1. The Balaban J connectivity index is 1.44. The SMILES string of the molecule is CC(=O)N1CCc2c(sc3nc(SCC(=O)Nc4ccc(C)cc4)n(CC4CCCO4)c(=O)c23)C1. The molecule has 1 aromatic carbocycles. The molecule has 35 heavy (non-hydrogen) atoms. The Morgan fingerprint density at radius 2 is 2.09 bits per heavy atom. The summed E-state index contributed by atoms with van der Waals surface area (Å²) in [6, 6.07) is 7.64. The van der Waals surface area contributed by atoms with E-state index in [4.69, 9.17) is 9.72 Å².